The number of carboxylic acid groups (broad SMARTS) is 1. The number of aryl methyl sites for hydroxylation is 1. The van der Waals surface area contributed by atoms with Crippen molar-refractivity contribution >= 4 is 23.5 Å². The van der Waals surface area contributed by atoms with Gasteiger partial charge in [0.25, 0.3) is 5.91 Å². The first kappa shape index (κ1) is 14.0. The number of nitrogens with one attached hydrogen (secondary N) is 1. The zero-order valence-corrected chi connectivity index (χ0v) is 11.3. The highest BCUT2D eigenvalue weighted by molar-refractivity contribution is 6.01. The summed E-state index contributed by atoms with van der Waals surface area (Å²) in [5, 5.41) is 12.0. The van der Waals surface area contributed by atoms with E-state index in [1.165, 1.54) is 13.1 Å². The fourth-order valence-electron chi connectivity index (χ4n) is 2.20. The molecule has 2 amide bonds. The first-order valence-corrected chi connectivity index (χ1v) is 6.31. The van der Waals surface area contributed by atoms with Crippen molar-refractivity contribution in [1.82, 2.24) is 4.90 Å². The number of rotatable bonds is 3. The molecule has 1 aliphatic heterocycles. The molecule has 0 saturated carbocycles. The van der Waals surface area contributed by atoms with Gasteiger partial charge in [0.05, 0.1) is 5.56 Å². The Bertz CT molecular complexity index is 583. The van der Waals surface area contributed by atoms with Crippen LogP contribution >= 0.6 is 0 Å². The summed E-state index contributed by atoms with van der Waals surface area (Å²) < 4.78 is 0. The van der Waals surface area contributed by atoms with Crippen LogP contribution in [0.5, 0.6) is 0 Å². The molecule has 1 atom stereocenters. The smallest absolute Gasteiger partial charge is 0.335 e. The molecule has 1 heterocycles. The molecule has 6 nitrogen and oxygen atoms in total. The number of anilines is 1. The molecule has 0 radical (unpaired) electrons. The van der Waals surface area contributed by atoms with E-state index in [4.69, 9.17) is 5.11 Å². The molecule has 106 valence electrons. The summed E-state index contributed by atoms with van der Waals surface area (Å²) in [5.74, 6) is -1.42. The molecule has 2 rings (SSSR count). The normalized spacial score (nSPS) is 19.1. The second kappa shape index (κ2) is 5.32. The maximum Gasteiger partial charge on any atom is 0.335 e. The number of nitrogens with zero attached hydrogens (tertiary/aromatic N) is 1. The molecule has 1 aliphatic rings. The average molecular weight is 276 g/mol. The second-order valence-electron chi connectivity index (χ2n) is 4.86. The average Bonchev–Trinajstić information content (AvgIpc) is 2.41. The highest BCUT2D eigenvalue weighted by Crippen LogP contribution is 2.21. The number of hydrogen-bond acceptors (Lipinski definition) is 4. The largest absolute Gasteiger partial charge is 0.478 e. The Kier molecular flexibility index (Phi) is 3.74. The van der Waals surface area contributed by atoms with Gasteiger partial charge in [-0.25, -0.2) is 4.79 Å². The zero-order valence-electron chi connectivity index (χ0n) is 11.3. The molecule has 1 aromatic carbocycles. The van der Waals surface area contributed by atoms with Crippen molar-refractivity contribution in [1.29, 1.82) is 0 Å². The van der Waals surface area contributed by atoms with Crippen LogP contribution in [-0.2, 0) is 9.59 Å². The van der Waals surface area contributed by atoms with Gasteiger partial charge in [0, 0.05) is 19.2 Å². The summed E-state index contributed by atoms with van der Waals surface area (Å²) in [5.41, 5.74) is 1.66. The van der Waals surface area contributed by atoms with Crippen molar-refractivity contribution in [3.63, 3.8) is 0 Å². The van der Waals surface area contributed by atoms with E-state index in [9.17, 15) is 14.4 Å². The van der Waals surface area contributed by atoms with Crippen LogP contribution in [0, 0.1) is 6.92 Å². The molecular weight excluding hydrogens is 260 g/mol. The fraction of sp³-hybridized carbons (Fsp3) is 0.357. The quantitative estimate of drug-likeness (QED) is 0.811. The van der Waals surface area contributed by atoms with Gasteiger partial charge >= 0.3 is 5.97 Å². The van der Waals surface area contributed by atoms with Gasteiger partial charge in [0.1, 0.15) is 6.04 Å². The minimum Gasteiger partial charge on any atom is -0.478 e. The number of carbonyl (C=O) groups excluding carboxylic acids is 2. The van der Waals surface area contributed by atoms with Crippen LogP contribution in [0.1, 0.15) is 28.8 Å². The van der Waals surface area contributed by atoms with Gasteiger partial charge in [-0.15, -0.1) is 0 Å². The SMILES string of the molecule is Cc1cc(C(=O)O)ccc1NC1CCC(=O)N(C)C1=O. The topological polar surface area (TPSA) is 86.7 Å². The van der Waals surface area contributed by atoms with Crippen molar-refractivity contribution in [2.45, 2.75) is 25.8 Å². The van der Waals surface area contributed by atoms with Crippen molar-refractivity contribution in [3.05, 3.63) is 29.3 Å². The van der Waals surface area contributed by atoms with Gasteiger partial charge < -0.3 is 10.4 Å². The van der Waals surface area contributed by atoms with Gasteiger partial charge in [-0.1, -0.05) is 0 Å². The lowest BCUT2D eigenvalue weighted by Gasteiger charge is -2.29. The predicted molar refractivity (Wildman–Crippen MR) is 72.6 cm³/mol. The standard InChI is InChI=1S/C14H16N2O4/c1-8-7-9(14(19)20)3-4-10(8)15-11-5-6-12(17)16(2)13(11)18/h3-4,7,11,15H,5-6H2,1-2H3,(H,19,20). The Labute approximate surface area is 116 Å². The van der Waals surface area contributed by atoms with Crippen molar-refractivity contribution in [2.75, 3.05) is 12.4 Å². The van der Waals surface area contributed by atoms with E-state index in [0.717, 1.165) is 10.5 Å². The van der Waals surface area contributed by atoms with E-state index in [1.54, 1.807) is 19.1 Å². The van der Waals surface area contributed by atoms with Crippen LogP contribution in [0.2, 0.25) is 0 Å². The third kappa shape index (κ3) is 2.64. The number of aromatic carboxylic acids is 1. The molecule has 0 spiro atoms. The molecule has 0 aliphatic carbocycles. The third-order valence-electron chi connectivity index (χ3n) is 3.45. The molecule has 1 aromatic rings. The molecule has 6 heteroatoms. The molecule has 0 bridgehead atoms. The molecule has 1 saturated heterocycles. The number of hydrogen-bond donors (Lipinski definition) is 2. The fourth-order valence-corrected chi connectivity index (χ4v) is 2.20. The predicted octanol–water partition coefficient (Wildman–Crippen LogP) is 1.25. The Hall–Kier alpha value is -2.37. The summed E-state index contributed by atoms with van der Waals surface area (Å²) in [6.07, 6.45) is 0.772. The molecule has 1 fully saturated rings. The number of amides is 2. The van der Waals surface area contributed by atoms with Crippen molar-refractivity contribution < 1.29 is 19.5 Å². The van der Waals surface area contributed by atoms with Crippen molar-refractivity contribution in [3.8, 4) is 0 Å². The number of benzene rings is 1. The van der Waals surface area contributed by atoms with Gasteiger partial charge in [-0.05, 0) is 37.1 Å². The molecule has 2 N–H and O–H groups in total. The van der Waals surface area contributed by atoms with Crippen molar-refractivity contribution in [2.24, 2.45) is 0 Å². The summed E-state index contributed by atoms with van der Waals surface area (Å²) in [6.45, 7) is 1.77. The second-order valence-corrected chi connectivity index (χ2v) is 4.86. The maximum atomic E-state index is 12.0. The van der Waals surface area contributed by atoms with Crippen LogP contribution in [0.15, 0.2) is 18.2 Å². The number of carbonyl (C=O) groups is 3. The van der Waals surface area contributed by atoms with Crippen LogP contribution < -0.4 is 5.32 Å². The van der Waals surface area contributed by atoms with Gasteiger partial charge in [-0.3, -0.25) is 14.5 Å². The number of carboxylic acids is 1. The highest BCUT2D eigenvalue weighted by atomic mass is 16.4. The Morgan fingerprint density at radius 3 is 2.70 bits per heavy atom. The lowest BCUT2D eigenvalue weighted by Crippen LogP contribution is -2.48. The summed E-state index contributed by atoms with van der Waals surface area (Å²) in [4.78, 5) is 35.4. The van der Waals surface area contributed by atoms with Crippen LogP contribution in [-0.4, -0.2) is 40.9 Å². The van der Waals surface area contributed by atoms with Gasteiger partial charge in [-0.2, -0.15) is 0 Å². The highest BCUT2D eigenvalue weighted by Gasteiger charge is 2.31. The first-order valence-electron chi connectivity index (χ1n) is 6.31. The summed E-state index contributed by atoms with van der Waals surface area (Å²) in [7, 11) is 1.47. The molecular formula is C14H16N2O4. The minimum atomic E-state index is -0.987. The number of likely N-dealkylation sites (N-methyl/N-ethyl adjacent to an activating group) is 1. The zero-order chi connectivity index (χ0) is 14.9. The van der Waals surface area contributed by atoms with E-state index < -0.39 is 12.0 Å². The minimum absolute atomic E-state index is 0.175. The molecule has 20 heavy (non-hydrogen) atoms. The van der Waals surface area contributed by atoms with Gasteiger partial charge in [0.15, 0.2) is 0 Å². The van der Waals surface area contributed by atoms with Crippen LogP contribution in [0.3, 0.4) is 0 Å². The van der Waals surface area contributed by atoms with Gasteiger partial charge in [0.2, 0.25) is 5.91 Å². The number of likely N-dealkylation sites (tertiary alicyclic amines) is 1. The Morgan fingerprint density at radius 1 is 1.40 bits per heavy atom. The van der Waals surface area contributed by atoms with Crippen LogP contribution in [0.25, 0.3) is 0 Å². The van der Waals surface area contributed by atoms with E-state index in [0.29, 0.717) is 18.5 Å². The third-order valence-corrected chi connectivity index (χ3v) is 3.45. The lowest BCUT2D eigenvalue weighted by molar-refractivity contribution is -0.146. The lowest BCUT2D eigenvalue weighted by atomic mass is 10.0. The van der Waals surface area contributed by atoms with E-state index >= 15 is 0 Å². The summed E-state index contributed by atoms with van der Waals surface area (Å²) >= 11 is 0. The number of imide groups is 1. The molecule has 1 unspecified atom stereocenters. The maximum absolute atomic E-state index is 12.0. The Morgan fingerprint density at radius 2 is 2.10 bits per heavy atom. The first-order chi connectivity index (χ1) is 9.40. The summed E-state index contributed by atoms with van der Waals surface area (Å²) in [6, 6.07) is 4.22. The molecule has 0 aromatic heterocycles. The van der Waals surface area contributed by atoms with E-state index in [2.05, 4.69) is 5.32 Å². The van der Waals surface area contributed by atoms with Crippen LogP contribution in [0.4, 0.5) is 5.69 Å². The van der Waals surface area contributed by atoms with E-state index in [-0.39, 0.29) is 17.4 Å². The Balaban J connectivity index is 2.16. The van der Waals surface area contributed by atoms with E-state index in [1.807, 2.05) is 0 Å². The number of piperidine rings is 1. The monoisotopic (exact) mass is 276 g/mol.